The van der Waals surface area contributed by atoms with Crippen molar-refractivity contribution < 1.29 is 27.5 Å². The van der Waals surface area contributed by atoms with E-state index in [-0.39, 0.29) is 22.8 Å². The van der Waals surface area contributed by atoms with Gasteiger partial charge in [-0.25, -0.2) is 13.2 Å². The van der Waals surface area contributed by atoms with Gasteiger partial charge >= 0.3 is 5.97 Å². The zero-order valence-electron chi connectivity index (χ0n) is 18.2. The van der Waals surface area contributed by atoms with E-state index < -0.39 is 22.1 Å². The molecule has 1 heterocycles. The van der Waals surface area contributed by atoms with E-state index >= 15 is 0 Å². The van der Waals surface area contributed by atoms with Gasteiger partial charge in [0.05, 0.1) is 5.69 Å². The average Bonchev–Trinajstić information content (AvgIpc) is 3.34. The van der Waals surface area contributed by atoms with Crippen molar-refractivity contribution in [2.24, 2.45) is 0 Å². The third-order valence-electron chi connectivity index (χ3n) is 5.30. The van der Waals surface area contributed by atoms with Crippen molar-refractivity contribution in [1.29, 1.82) is 0 Å². The Bertz CT molecular complexity index is 1000. The van der Waals surface area contributed by atoms with Gasteiger partial charge in [-0.05, 0) is 55.5 Å². The predicted octanol–water partition coefficient (Wildman–Crippen LogP) is 3.33. The molecule has 1 saturated carbocycles. The number of rotatable bonds is 9. The minimum absolute atomic E-state index is 0.147. The number of sulfonamides is 1. The van der Waals surface area contributed by atoms with Crippen LogP contribution in [0, 0.1) is 0 Å². The SMILES string of the molecule is CC(OC(=O)COc1ccc(N(C)S(=O)(=O)c2cccs2)cc1)C(=O)NC1CCCCC1. The van der Waals surface area contributed by atoms with Crippen LogP contribution in [0.2, 0.25) is 0 Å². The third-order valence-corrected chi connectivity index (χ3v) is 8.45. The summed E-state index contributed by atoms with van der Waals surface area (Å²) in [5, 5.41) is 4.63. The molecule has 0 bridgehead atoms. The number of carbonyl (C=O) groups excluding carboxylic acids is 2. The van der Waals surface area contributed by atoms with Crippen molar-refractivity contribution in [2.45, 2.75) is 55.4 Å². The molecule has 1 amide bonds. The number of thiophene rings is 1. The molecule has 0 radical (unpaired) electrons. The van der Waals surface area contributed by atoms with Crippen LogP contribution in [0.4, 0.5) is 5.69 Å². The quantitative estimate of drug-likeness (QED) is 0.553. The van der Waals surface area contributed by atoms with Gasteiger partial charge in [-0.3, -0.25) is 9.10 Å². The van der Waals surface area contributed by atoms with Crippen LogP contribution < -0.4 is 14.4 Å². The largest absolute Gasteiger partial charge is 0.482 e. The van der Waals surface area contributed by atoms with Gasteiger partial charge in [0.2, 0.25) is 0 Å². The van der Waals surface area contributed by atoms with E-state index in [1.165, 1.54) is 24.7 Å². The lowest BCUT2D eigenvalue weighted by Crippen LogP contribution is -2.43. The summed E-state index contributed by atoms with van der Waals surface area (Å²) in [4.78, 5) is 24.3. The third kappa shape index (κ3) is 6.23. The second-order valence-corrected chi connectivity index (χ2v) is 10.8. The molecule has 10 heteroatoms. The van der Waals surface area contributed by atoms with Gasteiger partial charge in [0, 0.05) is 13.1 Å². The van der Waals surface area contributed by atoms with Gasteiger partial charge in [0.25, 0.3) is 15.9 Å². The van der Waals surface area contributed by atoms with Crippen LogP contribution in [-0.4, -0.2) is 46.1 Å². The molecule has 1 aliphatic rings. The molecule has 32 heavy (non-hydrogen) atoms. The minimum atomic E-state index is -3.62. The Labute approximate surface area is 192 Å². The lowest BCUT2D eigenvalue weighted by molar-refractivity contribution is -0.156. The van der Waals surface area contributed by atoms with Gasteiger partial charge in [0.1, 0.15) is 9.96 Å². The van der Waals surface area contributed by atoms with Crippen LogP contribution in [0.25, 0.3) is 0 Å². The molecule has 8 nitrogen and oxygen atoms in total. The molecule has 2 aromatic rings. The normalized spacial score (nSPS) is 15.6. The number of nitrogens with one attached hydrogen (secondary N) is 1. The maximum atomic E-state index is 12.6. The molecular weight excluding hydrogens is 452 g/mol. The van der Waals surface area contributed by atoms with Crippen molar-refractivity contribution in [2.75, 3.05) is 18.0 Å². The maximum absolute atomic E-state index is 12.6. The summed E-state index contributed by atoms with van der Waals surface area (Å²) in [7, 11) is -2.15. The first kappa shape index (κ1) is 24.1. The Morgan fingerprint density at radius 2 is 1.84 bits per heavy atom. The summed E-state index contributed by atoms with van der Waals surface area (Å²) in [6.45, 7) is 1.18. The minimum Gasteiger partial charge on any atom is -0.482 e. The fraction of sp³-hybridized carbons (Fsp3) is 0.455. The first-order valence-electron chi connectivity index (χ1n) is 10.5. The molecule has 1 unspecified atom stereocenters. The summed E-state index contributed by atoms with van der Waals surface area (Å²) >= 11 is 1.15. The van der Waals surface area contributed by atoms with E-state index in [0.717, 1.165) is 37.0 Å². The van der Waals surface area contributed by atoms with Gasteiger partial charge in [-0.2, -0.15) is 0 Å². The number of hydrogen-bond donors (Lipinski definition) is 1. The lowest BCUT2D eigenvalue weighted by Gasteiger charge is -2.24. The van der Waals surface area contributed by atoms with Gasteiger partial charge < -0.3 is 14.8 Å². The van der Waals surface area contributed by atoms with E-state index in [0.29, 0.717) is 11.4 Å². The molecule has 0 spiro atoms. The number of anilines is 1. The number of carbonyl (C=O) groups is 2. The highest BCUT2D eigenvalue weighted by molar-refractivity contribution is 7.94. The van der Waals surface area contributed by atoms with E-state index in [9.17, 15) is 18.0 Å². The summed E-state index contributed by atoms with van der Waals surface area (Å²) < 4.78 is 37.2. The van der Waals surface area contributed by atoms with Crippen molar-refractivity contribution >= 4 is 38.9 Å². The Morgan fingerprint density at radius 3 is 2.47 bits per heavy atom. The zero-order valence-corrected chi connectivity index (χ0v) is 19.8. The second-order valence-electron chi connectivity index (χ2n) is 7.66. The Hall–Kier alpha value is -2.59. The van der Waals surface area contributed by atoms with Crippen LogP contribution >= 0.6 is 11.3 Å². The van der Waals surface area contributed by atoms with Crippen LogP contribution in [0.1, 0.15) is 39.0 Å². The maximum Gasteiger partial charge on any atom is 0.344 e. The molecule has 1 atom stereocenters. The van der Waals surface area contributed by atoms with Gasteiger partial charge in [-0.1, -0.05) is 25.3 Å². The van der Waals surface area contributed by atoms with Gasteiger partial charge in [-0.15, -0.1) is 11.3 Å². The topological polar surface area (TPSA) is 102 Å². The van der Waals surface area contributed by atoms with Crippen LogP contribution in [0.5, 0.6) is 5.75 Å². The Morgan fingerprint density at radius 1 is 1.16 bits per heavy atom. The smallest absolute Gasteiger partial charge is 0.344 e. The van der Waals surface area contributed by atoms with E-state index in [1.54, 1.807) is 41.8 Å². The zero-order chi connectivity index (χ0) is 23.1. The van der Waals surface area contributed by atoms with Crippen LogP contribution in [0.15, 0.2) is 46.0 Å². The Kier molecular flexibility index (Phi) is 8.14. The molecule has 174 valence electrons. The first-order valence-corrected chi connectivity index (χ1v) is 12.8. The summed E-state index contributed by atoms with van der Waals surface area (Å²) in [5.41, 5.74) is 0.460. The van der Waals surface area contributed by atoms with E-state index in [2.05, 4.69) is 5.32 Å². The number of amides is 1. The lowest BCUT2D eigenvalue weighted by atomic mass is 9.95. The second kappa shape index (κ2) is 10.8. The average molecular weight is 481 g/mol. The fourth-order valence-electron chi connectivity index (χ4n) is 3.43. The first-order chi connectivity index (χ1) is 15.3. The number of hydrogen-bond acceptors (Lipinski definition) is 7. The number of esters is 1. The molecule has 0 saturated heterocycles. The summed E-state index contributed by atoms with van der Waals surface area (Å²) in [5.74, 6) is -0.575. The Balaban J connectivity index is 1.47. The number of nitrogens with zero attached hydrogens (tertiary/aromatic N) is 1. The molecule has 1 aliphatic carbocycles. The molecule has 3 rings (SSSR count). The standard InChI is InChI=1S/C22H28N2O6S2/c1-16(22(26)23-17-7-4-3-5-8-17)30-20(25)15-29-19-12-10-18(11-13-19)24(2)32(27,28)21-9-6-14-31-21/h6,9-14,16-17H,3-5,7-8,15H2,1-2H3,(H,23,26). The number of benzene rings is 1. The molecule has 1 aromatic carbocycles. The summed E-state index contributed by atoms with van der Waals surface area (Å²) in [6, 6.07) is 9.70. The van der Waals surface area contributed by atoms with E-state index in [4.69, 9.17) is 9.47 Å². The van der Waals surface area contributed by atoms with E-state index in [1.807, 2.05) is 0 Å². The molecule has 1 fully saturated rings. The summed E-state index contributed by atoms with van der Waals surface area (Å²) in [6.07, 6.45) is 4.40. The van der Waals surface area contributed by atoms with Crippen molar-refractivity contribution in [3.05, 3.63) is 41.8 Å². The monoisotopic (exact) mass is 480 g/mol. The van der Waals surface area contributed by atoms with Crippen LogP contribution in [-0.2, 0) is 24.3 Å². The molecular formula is C22H28N2O6S2. The fourth-order valence-corrected chi connectivity index (χ4v) is 5.79. The predicted molar refractivity (Wildman–Crippen MR) is 122 cm³/mol. The molecule has 1 N–H and O–H groups in total. The van der Waals surface area contributed by atoms with Crippen molar-refractivity contribution in [3.63, 3.8) is 0 Å². The molecule has 0 aliphatic heterocycles. The molecule has 1 aromatic heterocycles. The van der Waals surface area contributed by atoms with Crippen LogP contribution in [0.3, 0.4) is 0 Å². The van der Waals surface area contributed by atoms with Gasteiger partial charge in [0.15, 0.2) is 12.7 Å². The van der Waals surface area contributed by atoms with Crippen molar-refractivity contribution in [1.82, 2.24) is 5.32 Å². The highest BCUT2D eigenvalue weighted by atomic mass is 32.2. The number of ether oxygens (including phenoxy) is 2. The highest BCUT2D eigenvalue weighted by Gasteiger charge is 2.23. The van der Waals surface area contributed by atoms with Crippen molar-refractivity contribution in [3.8, 4) is 5.75 Å². The highest BCUT2D eigenvalue weighted by Crippen LogP contribution is 2.26.